The molecule has 0 atom stereocenters. The van der Waals surface area contributed by atoms with Gasteiger partial charge in [-0.15, -0.1) is 0 Å². The minimum atomic E-state index is -0.258. The zero-order valence-electron chi connectivity index (χ0n) is 14.8. The molecule has 0 spiro atoms. The van der Waals surface area contributed by atoms with E-state index in [0.29, 0.717) is 46.2 Å². The lowest BCUT2D eigenvalue weighted by molar-refractivity contribution is 0.275. The first-order chi connectivity index (χ1) is 13.0. The minimum Gasteiger partial charge on any atom is -0.507 e. The van der Waals surface area contributed by atoms with Crippen LogP contribution in [0.25, 0.3) is 0 Å². The molecule has 3 aromatic carbocycles. The Morgan fingerprint density at radius 1 is 0.444 bits per heavy atom. The zero-order valence-corrected chi connectivity index (χ0v) is 14.8. The molecule has 0 fully saturated rings. The Kier molecular flexibility index (Phi) is 5.64. The van der Waals surface area contributed by atoms with Gasteiger partial charge in [-0.2, -0.15) is 0 Å². The predicted octanol–water partition coefficient (Wildman–Crippen LogP) is 2.97. The molecule has 0 radical (unpaired) electrons. The fourth-order valence-corrected chi connectivity index (χ4v) is 3.17. The summed E-state index contributed by atoms with van der Waals surface area (Å²) >= 11 is 0. The van der Waals surface area contributed by atoms with Crippen molar-refractivity contribution < 1.29 is 25.5 Å². The molecule has 0 aliphatic rings. The maximum atomic E-state index is 10.7. The number of phenols is 3. The van der Waals surface area contributed by atoms with Gasteiger partial charge in [0.1, 0.15) is 17.2 Å². The van der Waals surface area contributed by atoms with E-state index in [4.69, 9.17) is 0 Å². The monoisotopic (exact) mass is 366 g/mol. The standard InChI is InChI=1S/C22H22O5/c23-12-18-8-2-6-16(21(18)26)10-14-4-1-5-15(20(14)25)11-17-7-3-9-19(13-24)22(17)27/h1-9,23-27H,10-13H2. The van der Waals surface area contributed by atoms with E-state index >= 15 is 0 Å². The quantitative estimate of drug-likeness (QED) is 0.462. The number of benzene rings is 3. The lowest BCUT2D eigenvalue weighted by atomic mass is 9.95. The molecule has 3 rings (SSSR count). The lowest BCUT2D eigenvalue weighted by Crippen LogP contribution is -1.97. The van der Waals surface area contributed by atoms with Gasteiger partial charge in [0.2, 0.25) is 0 Å². The van der Waals surface area contributed by atoms with Crippen molar-refractivity contribution in [3.05, 3.63) is 88.0 Å². The molecule has 0 heterocycles. The van der Waals surface area contributed by atoms with E-state index in [9.17, 15) is 25.5 Å². The second-order valence-corrected chi connectivity index (χ2v) is 6.44. The summed E-state index contributed by atoms with van der Waals surface area (Å²) in [5, 5.41) is 49.7. The Morgan fingerprint density at radius 2 is 0.704 bits per heavy atom. The first-order valence-corrected chi connectivity index (χ1v) is 8.66. The van der Waals surface area contributed by atoms with Crippen LogP contribution in [0.3, 0.4) is 0 Å². The second kappa shape index (κ2) is 8.12. The number of hydrogen-bond donors (Lipinski definition) is 5. The van der Waals surface area contributed by atoms with Gasteiger partial charge in [-0.1, -0.05) is 54.6 Å². The summed E-state index contributed by atoms with van der Waals surface area (Å²) in [6, 6.07) is 15.6. The van der Waals surface area contributed by atoms with E-state index in [0.717, 1.165) is 0 Å². The normalized spacial score (nSPS) is 10.9. The molecule has 3 aromatic rings. The van der Waals surface area contributed by atoms with Crippen LogP contribution in [0.1, 0.15) is 33.4 Å². The summed E-state index contributed by atoms with van der Waals surface area (Å²) in [4.78, 5) is 0. The third kappa shape index (κ3) is 3.89. The van der Waals surface area contributed by atoms with E-state index < -0.39 is 0 Å². The highest BCUT2D eigenvalue weighted by molar-refractivity contribution is 5.50. The van der Waals surface area contributed by atoms with Crippen molar-refractivity contribution in [1.29, 1.82) is 0 Å². The molecule has 0 aliphatic carbocycles. The van der Waals surface area contributed by atoms with Gasteiger partial charge >= 0.3 is 0 Å². The maximum Gasteiger partial charge on any atom is 0.124 e. The fraction of sp³-hybridized carbons (Fsp3) is 0.182. The predicted molar refractivity (Wildman–Crippen MR) is 102 cm³/mol. The second-order valence-electron chi connectivity index (χ2n) is 6.44. The number of aliphatic hydroxyl groups is 2. The zero-order chi connectivity index (χ0) is 19.4. The molecule has 0 unspecified atom stereocenters. The molecule has 5 N–H and O–H groups in total. The molecule has 5 nitrogen and oxygen atoms in total. The van der Waals surface area contributed by atoms with Gasteiger partial charge in [-0.3, -0.25) is 0 Å². The molecule has 5 heteroatoms. The topological polar surface area (TPSA) is 101 Å². The van der Waals surface area contributed by atoms with Gasteiger partial charge < -0.3 is 25.5 Å². The van der Waals surface area contributed by atoms with Gasteiger partial charge in [0.25, 0.3) is 0 Å². The van der Waals surface area contributed by atoms with Crippen LogP contribution in [0.15, 0.2) is 54.6 Å². The van der Waals surface area contributed by atoms with Gasteiger partial charge in [0.05, 0.1) is 13.2 Å². The summed E-state index contributed by atoms with van der Waals surface area (Å²) in [7, 11) is 0. The largest absolute Gasteiger partial charge is 0.507 e. The van der Waals surface area contributed by atoms with Crippen LogP contribution in [0.4, 0.5) is 0 Å². The van der Waals surface area contributed by atoms with Crippen LogP contribution < -0.4 is 0 Å². The molecule has 0 saturated heterocycles. The first kappa shape index (κ1) is 18.8. The van der Waals surface area contributed by atoms with Crippen LogP contribution in [0.2, 0.25) is 0 Å². The Labute approximate surface area is 157 Å². The van der Waals surface area contributed by atoms with Gasteiger partial charge in [-0.05, 0) is 22.3 Å². The molecule has 0 saturated carbocycles. The van der Waals surface area contributed by atoms with Crippen molar-refractivity contribution in [2.75, 3.05) is 0 Å². The summed E-state index contributed by atoms with van der Waals surface area (Å²) in [5.41, 5.74) is 3.37. The first-order valence-electron chi connectivity index (χ1n) is 8.66. The van der Waals surface area contributed by atoms with Crippen molar-refractivity contribution in [3.8, 4) is 17.2 Å². The highest BCUT2D eigenvalue weighted by Crippen LogP contribution is 2.33. The summed E-state index contributed by atoms with van der Waals surface area (Å²) < 4.78 is 0. The Hall–Kier alpha value is -3.02. The van der Waals surface area contributed by atoms with Crippen molar-refractivity contribution in [1.82, 2.24) is 0 Å². The van der Waals surface area contributed by atoms with E-state index in [-0.39, 0.29) is 30.5 Å². The van der Waals surface area contributed by atoms with Crippen LogP contribution in [-0.4, -0.2) is 25.5 Å². The molecule has 0 aliphatic heterocycles. The third-order valence-electron chi connectivity index (χ3n) is 4.71. The van der Waals surface area contributed by atoms with Crippen molar-refractivity contribution in [3.63, 3.8) is 0 Å². The summed E-state index contributed by atoms with van der Waals surface area (Å²) in [6.07, 6.45) is 0.615. The Morgan fingerprint density at radius 3 is 1.00 bits per heavy atom. The number of phenolic OH excluding ortho intramolecular Hbond substituents is 1. The van der Waals surface area contributed by atoms with Gasteiger partial charge in [0, 0.05) is 24.0 Å². The van der Waals surface area contributed by atoms with E-state index in [1.807, 2.05) is 6.07 Å². The van der Waals surface area contributed by atoms with Crippen LogP contribution in [-0.2, 0) is 26.1 Å². The van der Waals surface area contributed by atoms with Crippen LogP contribution in [0, 0.1) is 0 Å². The Bertz CT molecular complexity index is 876. The van der Waals surface area contributed by atoms with Crippen molar-refractivity contribution in [2.24, 2.45) is 0 Å². The van der Waals surface area contributed by atoms with E-state index in [1.54, 1.807) is 48.5 Å². The van der Waals surface area contributed by atoms with Crippen molar-refractivity contribution in [2.45, 2.75) is 26.1 Å². The number of aromatic hydroxyl groups is 3. The smallest absolute Gasteiger partial charge is 0.124 e. The molecule has 140 valence electrons. The molecular weight excluding hydrogens is 344 g/mol. The Balaban J connectivity index is 1.91. The number of rotatable bonds is 6. The number of aliphatic hydroxyl groups excluding tert-OH is 2. The van der Waals surface area contributed by atoms with Crippen LogP contribution >= 0.6 is 0 Å². The molecule has 0 amide bonds. The lowest BCUT2D eigenvalue weighted by Gasteiger charge is -2.13. The third-order valence-corrected chi connectivity index (χ3v) is 4.71. The van der Waals surface area contributed by atoms with Crippen molar-refractivity contribution >= 4 is 0 Å². The maximum absolute atomic E-state index is 10.7. The highest BCUT2D eigenvalue weighted by Gasteiger charge is 2.14. The fourth-order valence-electron chi connectivity index (χ4n) is 3.17. The average Bonchev–Trinajstić information content (AvgIpc) is 2.68. The highest BCUT2D eigenvalue weighted by atomic mass is 16.3. The molecule has 27 heavy (non-hydrogen) atoms. The summed E-state index contributed by atoms with van der Waals surface area (Å²) in [5.74, 6) is 0.149. The SMILES string of the molecule is OCc1cccc(Cc2cccc(Cc3cccc(CO)c3O)c2O)c1O. The van der Waals surface area contributed by atoms with E-state index in [2.05, 4.69) is 0 Å². The van der Waals surface area contributed by atoms with E-state index in [1.165, 1.54) is 0 Å². The molecule has 0 aromatic heterocycles. The average molecular weight is 366 g/mol. The molecular formula is C22H22O5. The van der Waals surface area contributed by atoms with Gasteiger partial charge in [-0.25, -0.2) is 0 Å². The van der Waals surface area contributed by atoms with Crippen LogP contribution in [0.5, 0.6) is 17.2 Å². The number of para-hydroxylation sites is 3. The molecule has 0 bridgehead atoms. The summed E-state index contributed by atoms with van der Waals surface area (Å²) in [6.45, 7) is -0.516. The van der Waals surface area contributed by atoms with Gasteiger partial charge in [0.15, 0.2) is 0 Å². The minimum absolute atomic E-state index is 0.0260. The number of hydrogen-bond acceptors (Lipinski definition) is 5.